The SMILES string of the molecule is CC(Sc1cccc(NC(=O)CCC(=O)O)c1)C(=O)Nc1ccc(Br)cc1. The molecule has 0 fully saturated rings. The van der Waals surface area contributed by atoms with Crippen molar-refractivity contribution in [2.45, 2.75) is 29.9 Å². The molecule has 0 aliphatic heterocycles. The number of carbonyl (C=O) groups excluding carboxylic acids is 2. The van der Waals surface area contributed by atoms with E-state index < -0.39 is 5.97 Å². The van der Waals surface area contributed by atoms with Crippen LogP contribution in [0.15, 0.2) is 57.9 Å². The van der Waals surface area contributed by atoms with Crippen LogP contribution in [0, 0.1) is 0 Å². The standard InChI is InChI=1S/C19H19BrN2O4S/c1-12(19(26)22-14-7-5-13(20)6-8-14)27-16-4-2-3-15(11-16)21-17(23)9-10-18(24)25/h2-8,11-12H,9-10H2,1H3,(H,21,23)(H,22,26)(H,24,25). The average molecular weight is 451 g/mol. The van der Waals surface area contributed by atoms with E-state index in [1.807, 2.05) is 30.3 Å². The van der Waals surface area contributed by atoms with Gasteiger partial charge in [0.05, 0.1) is 11.7 Å². The molecule has 0 spiro atoms. The maximum atomic E-state index is 12.3. The fourth-order valence-corrected chi connectivity index (χ4v) is 3.32. The van der Waals surface area contributed by atoms with Gasteiger partial charge in [-0.2, -0.15) is 0 Å². The van der Waals surface area contributed by atoms with Crippen LogP contribution in [-0.4, -0.2) is 28.1 Å². The third-order valence-electron chi connectivity index (χ3n) is 3.48. The van der Waals surface area contributed by atoms with Crippen molar-refractivity contribution in [1.82, 2.24) is 0 Å². The molecule has 0 heterocycles. The molecule has 8 heteroatoms. The fourth-order valence-electron chi connectivity index (χ4n) is 2.13. The fraction of sp³-hybridized carbons (Fsp3) is 0.211. The number of rotatable bonds is 8. The Morgan fingerprint density at radius 1 is 1.04 bits per heavy atom. The van der Waals surface area contributed by atoms with Gasteiger partial charge in [-0.05, 0) is 49.4 Å². The van der Waals surface area contributed by atoms with E-state index in [1.54, 1.807) is 25.1 Å². The van der Waals surface area contributed by atoms with Crippen molar-refractivity contribution in [3.05, 3.63) is 53.0 Å². The van der Waals surface area contributed by atoms with Crippen molar-refractivity contribution in [3.8, 4) is 0 Å². The minimum absolute atomic E-state index is 0.0846. The van der Waals surface area contributed by atoms with E-state index in [0.29, 0.717) is 5.69 Å². The Balaban J connectivity index is 1.92. The predicted octanol–water partition coefficient (Wildman–Crippen LogP) is 4.37. The molecule has 2 aromatic carbocycles. The lowest BCUT2D eigenvalue weighted by atomic mass is 10.2. The zero-order valence-electron chi connectivity index (χ0n) is 14.6. The van der Waals surface area contributed by atoms with Gasteiger partial charge >= 0.3 is 5.97 Å². The van der Waals surface area contributed by atoms with Gasteiger partial charge in [-0.15, -0.1) is 11.8 Å². The van der Waals surface area contributed by atoms with Crippen molar-refractivity contribution in [2.24, 2.45) is 0 Å². The van der Waals surface area contributed by atoms with Crippen LogP contribution in [-0.2, 0) is 14.4 Å². The Labute approximate surface area is 169 Å². The second kappa shape index (κ2) is 10.1. The summed E-state index contributed by atoms with van der Waals surface area (Å²) in [6, 6.07) is 14.4. The van der Waals surface area contributed by atoms with E-state index in [2.05, 4.69) is 26.6 Å². The number of anilines is 2. The molecule has 27 heavy (non-hydrogen) atoms. The van der Waals surface area contributed by atoms with E-state index in [-0.39, 0.29) is 29.9 Å². The van der Waals surface area contributed by atoms with Gasteiger partial charge in [0.25, 0.3) is 0 Å². The molecule has 0 aliphatic carbocycles. The zero-order chi connectivity index (χ0) is 19.8. The summed E-state index contributed by atoms with van der Waals surface area (Å²) < 4.78 is 0.935. The Hall–Kier alpha value is -2.32. The first-order chi connectivity index (χ1) is 12.8. The lowest BCUT2D eigenvalue weighted by Crippen LogP contribution is -2.22. The summed E-state index contributed by atoms with van der Waals surface area (Å²) in [5.41, 5.74) is 1.28. The number of benzene rings is 2. The molecule has 0 aromatic heterocycles. The second-order valence-electron chi connectivity index (χ2n) is 5.73. The molecule has 0 saturated carbocycles. The number of carboxylic acids is 1. The average Bonchev–Trinajstić information content (AvgIpc) is 2.62. The smallest absolute Gasteiger partial charge is 0.303 e. The quantitative estimate of drug-likeness (QED) is 0.518. The first-order valence-electron chi connectivity index (χ1n) is 8.18. The van der Waals surface area contributed by atoms with E-state index in [9.17, 15) is 14.4 Å². The molecular weight excluding hydrogens is 432 g/mol. The van der Waals surface area contributed by atoms with Crippen molar-refractivity contribution in [2.75, 3.05) is 10.6 Å². The number of thioether (sulfide) groups is 1. The molecule has 0 aliphatic rings. The Bertz CT molecular complexity index is 827. The molecule has 0 saturated heterocycles. The van der Waals surface area contributed by atoms with Gasteiger partial charge in [-0.1, -0.05) is 22.0 Å². The highest BCUT2D eigenvalue weighted by Gasteiger charge is 2.15. The molecule has 6 nitrogen and oxygen atoms in total. The second-order valence-corrected chi connectivity index (χ2v) is 8.06. The van der Waals surface area contributed by atoms with Crippen molar-refractivity contribution in [1.29, 1.82) is 0 Å². The molecule has 0 radical (unpaired) electrons. The Kier molecular flexibility index (Phi) is 7.87. The van der Waals surface area contributed by atoms with Crippen LogP contribution in [0.5, 0.6) is 0 Å². The van der Waals surface area contributed by atoms with Gasteiger partial charge in [0.15, 0.2) is 0 Å². The van der Waals surface area contributed by atoms with Crippen LogP contribution >= 0.6 is 27.7 Å². The monoisotopic (exact) mass is 450 g/mol. The topological polar surface area (TPSA) is 95.5 Å². The molecule has 1 atom stereocenters. The number of amides is 2. The maximum Gasteiger partial charge on any atom is 0.303 e. The normalized spacial score (nSPS) is 11.5. The number of aliphatic carboxylic acids is 1. The number of carboxylic acid groups (broad SMARTS) is 1. The van der Waals surface area contributed by atoms with E-state index in [0.717, 1.165) is 15.1 Å². The minimum atomic E-state index is -1.01. The van der Waals surface area contributed by atoms with Crippen LogP contribution in [0.4, 0.5) is 11.4 Å². The van der Waals surface area contributed by atoms with Crippen LogP contribution < -0.4 is 10.6 Å². The predicted molar refractivity (Wildman–Crippen MR) is 110 cm³/mol. The summed E-state index contributed by atoms with van der Waals surface area (Å²) in [6.45, 7) is 1.80. The number of halogens is 1. The Morgan fingerprint density at radius 2 is 1.74 bits per heavy atom. The lowest BCUT2D eigenvalue weighted by molar-refractivity contribution is -0.138. The lowest BCUT2D eigenvalue weighted by Gasteiger charge is -2.13. The molecule has 1 unspecified atom stereocenters. The van der Waals surface area contributed by atoms with E-state index in [4.69, 9.17) is 5.11 Å². The van der Waals surface area contributed by atoms with Crippen molar-refractivity contribution in [3.63, 3.8) is 0 Å². The minimum Gasteiger partial charge on any atom is -0.481 e. The third-order valence-corrected chi connectivity index (χ3v) is 5.10. The first kappa shape index (κ1) is 21.0. The molecular formula is C19H19BrN2O4S. The van der Waals surface area contributed by atoms with Gasteiger partial charge < -0.3 is 15.7 Å². The first-order valence-corrected chi connectivity index (χ1v) is 9.85. The number of hydrogen-bond donors (Lipinski definition) is 3. The van der Waals surface area contributed by atoms with Gasteiger partial charge in [0.1, 0.15) is 0 Å². The summed E-state index contributed by atoms with van der Waals surface area (Å²) in [5.74, 6) is -1.50. The summed E-state index contributed by atoms with van der Waals surface area (Å²) in [4.78, 5) is 35.4. The van der Waals surface area contributed by atoms with Crippen molar-refractivity contribution >= 4 is 56.9 Å². The molecule has 3 N–H and O–H groups in total. The molecule has 2 aromatic rings. The van der Waals surface area contributed by atoms with Gasteiger partial charge in [-0.3, -0.25) is 14.4 Å². The Morgan fingerprint density at radius 3 is 2.41 bits per heavy atom. The largest absolute Gasteiger partial charge is 0.481 e. The number of carbonyl (C=O) groups is 3. The van der Waals surface area contributed by atoms with Crippen LogP contribution in [0.1, 0.15) is 19.8 Å². The zero-order valence-corrected chi connectivity index (χ0v) is 17.0. The van der Waals surface area contributed by atoms with Crippen LogP contribution in [0.25, 0.3) is 0 Å². The third kappa shape index (κ3) is 7.44. The summed E-state index contributed by atoms with van der Waals surface area (Å²) >= 11 is 4.72. The number of hydrogen-bond acceptors (Lipinski definition) is 4. The molecule has 0 bridgehead atoms. The van der Waals surface area contributed by atoms with Gasteiger partial charge in [0.2, 0.25) is 11.8 Å². The highest BCUT2D eigenvalue weighted by atomic mass is 79.9. The highest BCUT2D eigenvalue weighted by molar-refractivity contribution is 9.10. The van der Waals surface area contributed by atoms with Crippen LogP contribution in [0.3, 0.4) is 0 Å². The summed E-state index contributed by atoms with van der Waals surface area (Å²) in [6.07, 6.45) is -0.299. The molecule has 2 rings (SSSR count). The molecule has 142 valence electrons. The van der Waals surface area contributed by atoms with Crippen molar-refractivity contribution < 1.29 is 19.5 Å². The van der Waals surface area contributed by atoms with E-state index in [1.165, 1.54) is 11.8 Å². The summed E-state index contributed by atoms with van der Waals surface area (Å²) in [5, 5.41) is 13.8. The summed E-state index contributed by atoms with van der Waals surface area (Å²) in [7, 11) is 0. The number of nitrogens with one attached hydrogen (secondary N) is 2. The highest BCUT2D eigenvalue weighted by Crippen LogP contribution is 2.27. The van der Waals surface area contributed by atoms with E-state index >= 15 is 0 Å². The van der Waals surface area contributed by atoms with Crippen LogP contribution in [0.2, 0.25) is 0 Å². The molecule has 2 amide bonds. The van der Waals surface area contributed by atoms with Gasteiger partial charge in [0, 0.05) is 27.2 Å². The maximum absolute atomic E-state index is 12.3. The van der Waals surface area contributed by atoms with Gasteiger partial charge in [-0.25, -0.2) is 0 Å².